The molecule has 0 aliphatic heterocycles. The molecule has 84 valence electrons. The maximum Gasteiger partial charge on any atom is 0.335 e. The molecule has 0 saturated carbocycles. The number of hydrogen-bond donors (Lipinski definition) is 3. The monoisotopic (exact) mass is 221 g/mol. The van der Waals surface area contributed by atoms with Crippen molar-refractivity contribution in [1.29, 1.82) is 0 Å². The zero-order valence-electron chi connectivity index (χ0n) is 8.43. The standard InChI is InChI=1S/C11H11NO4/c12-11(10(15)16)5-4-6-7(9(13)14)2-1-3-8(6)11/h1-3H,4-5,12H2,(H,13,14)(H,15,16). The van der Waals surface area contributed by atoms with Crippen LogP contribution in [0.2, 0.25) is 0 Å². The number of carbonyl (C=O) groups is 2. The third kappa shape index (κ3) is 1.29. The van der Waals surface area contributed by atoms with E-state index in [-0.39, 0.29) is 12.0 Å². The van der Waals surface area contributed by atoms with E-state index in [0.29, 0.717) is 17.5 Å². The summed E-state index contributed by atoms with van der Waals surface area (Å²) in [5.41, 5.74) is 5.45. The van der Waals surface area contributed by atoms with Gasteiger partial charge in [0.05, 0.1) is 5.56 Å². The van der Waals surface area contributed by atoms with Crippen molar-refractivity contribution in [2.75, 3.05) is 0 Å². The van der Waals surface area contributed by atoms with Crippen LogP contribution >= 0.6 is 0 Å². The van der Waals surface area contributed by atoms with E-state index in [9.17, 15) is 9.59 Å². The molecule has 4 N–H and O–H groups in total. The fourth-order valence-electron chi connectivity index (χ4n) is 2.15. The largest absolute Gasteiger partial charge is 0.480 e. The lowest BCUT2D eigenvalue weighted by Gasteiger charge is -2.19. The van der Waals surface area contributed by atoms with E-state index in [4.69, 9.17) is 15.9 Å². The molecule has 0 saturated heterocycles. The van der Waals surface area contributed by atoms with Crippen molar-refractivity contribution in [3.63, 3.8) is 0 Å². The Bertz CT molecular complexity index is 483. The SMILES string of the molecule is NC1(C(=O)O)CCc2c(C(=O)O)cccc21. The van der Waals surface area contributed by atoms with Gasteiger partial charge >= 0.3 is 11.9 Å². The minimum absolute atomic E-state index is 0.145. The molecular formula is C11H11NO4. The number of rotatable bonds is 2. The zero-order valence-corrected chi connectivity index (χ0v) is 8.43. The van der Waals surface area contributed by atoms with Crippen molar-refractivity contribution in [2.24, 2.45) is 5.73 Å². The van der Waals surface area contributed by atoms with Crippen molar-refractivity contribution in [2.45, 2.75) is 18.4 Å². The van der Waals surface area contributed by atoms with Gasteiger partial charge in [0, 0.05) is 0 Å². The highest BCUT2D eigenvalue weighted by Crippen LogP contribution is 2.36. The predicted molar refractivity (Wildman–Crippen MR) is 55.2 cm³/mol. The molecule has 0 fully saturated rings. The van der Waals surface area contributed by atoms with Crippen molar-refractivity contribution >= 4 is 11.9 Å². The van der Waals surface area contributed by atoms with Gasteiger partial charge < -0.3 is 15.9 Å². The third-order valence-corrected chi connectivity index (χ3v) is 3.04. The van der Waals surface area contributed by atoms with Crippen molar-refractivity contribution in [3.8, 4) is 0 Å². The van der Waals surface area contributed by atoms with Gasteiger partial charge in [-0.2, -0.15) is 0 Å². The molecule has 0 heterocycles. The van der Waals surface area contributed by atoms with E-state index in [1.165, 1.54) is 12.1 Å². The Morgan fingerprint density at radius 3 is 2.56 bits per heavy atom. The van der Waals surface area contributed by atoms with Crippen LogP contribution < -0.4 is 5.73 Å². The van der Waals surface area contributed by atoms with Crippen LogP contribution in [0, 0.1) is 0 Å². The van der Waals surface area contributed by atoms with E-state index in [1.54, 1.807) is 6.07 Å². The van der Waals surface area contributed by atoms with Crippen molar-refractivity contribution in [1.82, 2.24) is 0 Å². The van der Waals surface area contributed by atoms with Gasteiger partial charge in [0.25, 0.3) is 0 Å². The first-order valence-corrected chi connectivity index (χ1v) is 4.85. The number of nitrogens with two attached hydrogens (primary N) is 1. The second kappa shape index (κ2) is 3.31. The van der Waals surface area contributed by atoms with Gasteiger partial charge in [0.15, 0.2) is 0 Å². The van der Waals surface area contributed by atoms with Crippen LogP contribution in [0.15, 0.2) is 18.2 Å². The Morgan fingerprint density at radius 2 is 2.00 bits per heavy atom. The molecule has 0 radical (unpaired) electrons. The summed E-state index contributed by atoms with van der Waals surface area (Å²) in [6.45, 7) is 0. The number of aromatic carboxylic acids is 1. The smallest absolute Gasteiger partial charge is 0.335 e. The predicted octanol–water partition coefficient (Wildman–Crippen LogP) is 0.570. The topological polar surface area (TPSA) is 101 Å². The molecule has 1 aromatic carbocycles. The Morgan fingerprint density at radius 1 is 1.31 bits per heavy atom. The molecule has 1 atom stereocenters. The third-order valence-electron chi connectivity index (χ3n) is 3.04. The van der Waals surface area contributed by atoms with Crippen molar-refractivity contribution < 1.29 is 19.8 Å². The molecule has 16 heavy (non-hydrogen) atoms. The summed E-state index contributed by atoms with van der Waals surface area (Å²) >= 11 is 0. The molecule has 5 heteroatoms. The number of aliphatic carboxylic acids is 1. The second-order valence-electron chi connectivity index (χ2n) is 3.91. The van der Waals surface area contributed by atoms with Crippen LogP contribution in [0.3, 0.4) is 0 Å². The minimum atomic E-state index is -1.44. The summed E-state index contributed by atoms with van der Waals surface area (Å²) in [4.78, 5) is 22.0. The van der Waals surface area contributed by atoms with Gasteiger partial charge in [0.2, 0.25) is 0 Å². The van der Waals surface area contributed by atoms with Crippen LogP contribution in [0.4, 0.5) is 0 Å². The Kier molecular flexibility index (Phi) is 2.20. The van der Waals surface area contributed by atoms with Gasteiger partial charge in [-0.25, -0.2) is 9.59 Å². The summed E-state index contributed by atoms with van der Waals surface area (Å²) in [6, 6.07) is 4.58. The molecule has 5 nitrogen and oxygen atoms in total. The average Bonchev–Trinajstić information content (AvgIpc) is 2.58. The van der Waals surface area contributed by atoms with E-state index >= 15 is 0 Å². The number of carboxylic acids is 2. The lowest BCUT2D eigenvalue weighted by Crippen LogP contribution is -2.42. The van der Waals surface area contributed by atoms with Crippen LogP contribution in [0.1, 0.15) is 27.9 Å². The molecular weight excluding hydrogens is 210 g/mol. The number of hydrogen-bond acceptors (Lipinski definition) is 3. The number of fused-ring (bicyclic) bond motifs is 1. The van der Waals surface area contributed by atoms with Crippen LogP contribution in [-0.4, -0.2) is 22.2 Å². The fraction of sp³-hybridized carbons (Fsp3) is 0.273. The van der Waals surface area contributed by atoms with Gasteiger partial charge in [-0.05, 0) is 30.0 Å². The van der Waals surface area contributed by atoms with Gasteiger partial charge in [0.1, 0.15) is 5.54 Å². The summed E-state index contributed by atoms with van der Waals surface area (Å²) in [6.07, 6.45) is 0.628. The summed E-state index contributed by atoms with van der Waals surface area (Å²) in [7, 11) is 0. The number of benzene rings is 1. The Balaban J connectivity index is 2.62. The molecule has 0 bridgehead atoms. The Hall–Kier alpha value is -1.88. The van der Waals surface area contributed by atoms with Gasteiger partial charge in [-0.15, -0.1) is 0 Å². The molecule has 1 aliphatic carbocycles. The maximum absolute atomic E-state index is 11.1. The fourth-order valence-corrected chi connectivity index (χ4v) is 2.15. The molecule has 0 amide bonds. The molecule has 0 aromatic heterocycles. The summed E-state index contributed by atoms with van der Waals surface area (Å²) in [5.74, 6) is -2.17. The van der Waals surface area contributed by atoms with Crippen LogP contribution in [0.5, 0.6) is 0 Å². The molecule has 1 aromatic rings. The lowest BCUT2D eigenvalue weighted by molar-refractivity contribution is -0.143. The molecule has 2 rings (SSSR count). The highest BCUT2D eigenvalue weighted by atomic mass is 16.4. The first-order chi connectivity index (χ1) is 7.47. The van der Waals surface area contributed by atoms with Crippen molar-refractivity contribution in [3.05, 3.63) is 34.9 Å². The maximum atomic E-state index is 11.1. The molecule has 1 unspecified atom stereocenters. The van der Waals surface area contributed by atoms with E-state index in [1.807, 2.05) is 0 Å². The van der Waals surface area contributed by atoms with Gasteiger partial charge in [-0.1, -0.05) is 12.1 Å². The summed E-state index contributed by atoms with van der Waals surface area (Å²) in [5, 5.41) is 18.0. The Labute approximate surface area is 91.5 Å². The van der Waals surface area contributed by atoms with Gasteiger partial charge in [-0.3, -0.25) is 0 Å². The average molecular weight is 221 g/mol. The van der Waals surface area contributed by atoms with E-state index in [2.05, 4.69) is 0 Å². The normalized spacial score (nSPS) is 22.8. The number of carboxylic acid groups (broad SMARTS) is 2. The lowest BCUT2D eigenvalue weighted by atomic mass is 9.92. The zero-order chi connectivity index (χ0) is 11.9. The minimum Gasteiger partial charge on any atom is -0.480 e. The first-order valence-electron chi connectivity index (χ1n) is 4.85. The highest BCUT2D eigenvalue weighted by molar-refractivity contribution is 5.92. The first kappa shape index (κ1) is 10.6. The van der Waals surface area contributed by atoms with Crippen LogP contribution in [-0.2, 0) is 16.8 Å². The van der Waals surface area contributed by atoms with E-state index < -0.39 is 17.5 Å². The second-order valence-corrected chi connectivity index (χ2v) is 3.91. The quantitative estimate of drug-likeness (QED) is 0.677. The molecule has 0 spiro atoms. The molecule has 1 aliphatic rings. The van der Waals surface area contributed by atoms with E-state index in [0.717, 1.165) is 0 Å². The highest BCUT2D eigenvalue weighted by Gasteiger charge is 2.43. The van der Waals surface area contributed by atoms with Crippen LogP contribution in [0.25, 0.3) is 0 Å². The summed E-state index contributed by atoms with van der Waals surface area (Å²) < 4.78 is 0.